The number of likely N-dealkylation sites (tertiary alicyclic amines) is 1. The predicted octanol–water partition coefficient (Wildman–Crippen LogP) is 2.61. The fraction of sp³-hybridized carbons (Fsp3) is 0.474. The quantitative estimate of drug-likeness (QED) is 0.866. The van der Waals surface area contributed by atoms with Crippen LogP contribution >= 0.6 is 0 Å². The Bertz CT molecular complexity index is 798. The maximum absolute atomic E-state index is 12.3. The number of nitrogens with zero attached hydrogens (tertiary/aromatic N) is 3. The summed E-state index contributed by atoms with van der Waals surface area (Å²) in [6, 6.07) is 9.85. The van der Waals surface area contributed by atoms with E-state index in [1.54, 1.807) is 25.7 Å². The minimum atomic E-state index is -0.573. The molecule has 0 unspecified atom stereocenters. The Balaban J connectivity index is 1.54. The number of alkyl carbamates (subject to hydrolysis) is 1. The van der Waals surface area contributed by atoms with Crippen LogP contribution < -0.4 is 5.32 Å². The summed E-state index contributed by atoms with van der Waals surface area (Å²) in [6.45, 7) is 6.56. The molecule has 144 valence electrons. The van der Waals surface area contributed by atoms with Gasteiger partial charge in [-0.1, -0.05) is 35.5 Å². The SMILES string of the molecule is CC(C)(C)OC(=O)NCc1nc([C@H]2CC(=O)N(Cc3ccccc3)C2)no1. The van der Waals surface area contributed by atoms with Gasteiger partial charge < -0.3 is 19.5 Å². The molecule has 1 aromatic carbocycles. The molecule has 1 aromatic heterocycles. The van der Waals surface area contributed by atoms with Gasteiger partial charge in [0, 0.05) is 25.4 Å². The third kappa shape index (κ3) is 5.29. The summed E-state index contributed by atoms with van der Waals surface area (Å²) in [5.74, 6) is 0.729. The van der Waals surface area contributed by atoms with E-state index >= 15 is 0 Å². The van der Waals surface area contributed by atoms with Crippen LogP contribution in [0.1, 0.15) is 50.4 Å². The lowest BCUT2D eigenvalue weighted by Crippen LogP contribution is -2.32. The van der Waals surface area contributed by atoms with E-state index in [1.165, 1.54) is 0 Å². The molecule has 0 radical (unpaired) electrons. The van der Waals surface area contributed by atoms with Gasteiger partial charge in [0.25, 0.3) is 0 Å². The van der Waals surface area contributed by atoms with Gasteiger partial charge in [0.05, 0.1) is 0 Å². The van der Waals surface area contributed by atoms with Crippen molar-refractivity contribution >= 4 is 12.0 Å². The second kappa shape index (κ2) is 7.77. The van der Waals surface area contributed by atoms with E-state index in [2.05, 4.69) is 15.5 Å². The van der Waals surface area contributed by atoms with Crippen LogP contribution in [0.5, 0.6) is 0 Å². The Morgan fingerprint density at radius 1 is 1.33 bits per heavy atom. The first-order chi connectivity index (χ1) is 12.8. The van der Waals surface area contributed by atoms with Crippen LogP contribution in [0.3, 0.4) is 0 Å². The zero-order valence-electron chi connectivity index (χ0n) is 15.8. The Morgan fingerprint density at radius 2 is 2.07 bits per heavy atom. The van der Waals surface area contributed by atoms with Crippen LogP contribution in [0.4, 0.5) is 4.79 Å². The van der Waals surface area contributed by atoms with E-state index in [0.29, 0.717) is 25.3 Å². The van der Waals surface area contributed by atoms with Gasteiger partial charge in [-0.25, -0.2) is 4.79 Å². The molecular weight excluding hydrogens is 348 g/mol. The van der Waals surface area contributed by atoms with Crippen LogP contribution in [0, 0.1) is 0 Å². The normalized spacial score (nSPS) is 17.2. The second-order valence-electron chi connectivity index (χ2n) is 7.56. The fourth-order valence-electron chi connectivity index (χ4n) is 2.87. The number of aromatic nitrogens is 2. The van der Waals surface area contributed by atoms with Crippen molar-refractivity contribution in [3.63, 3.8) is 0 Å². The van der Waals surface area contributed by atoms with E-state index in [0.717, 1.165) is 5.56 Å². The molecule has 8 heteroatoms. The first-order valence-electron chi connectivity index (χ1n) is 8.91. The van der Waals surface area contributed by atoms with Crippen LogP contribution in [0.15, 0.2) is 34.9 Å². The van der Waals surface area contributed by atoms with Gasteiger partial charge in [0.2, 0.25) is 11.8 Å². The molecule has 0 bridgehead atoms. The number of hydrogen-bond donors (Lipinski definition) is 1. The Morgan fingerprint density at radius 3 is 2.78 bits per heavy atom. The number of rotatable bonds is 5. The molecule has 1 saturated heterocycles. The van der Waals surface area contributed by atoms with Gasteiger partial charge in [-0.2, -0.15) is 4.98 Å². The largest absolute Gasteiger partial charge is 0.444 e. The standard InChI is InChI=1S/C19H24N4O4/c1-19(2,3)26-18(25)20-10-15-21-17(22-27-15)14-9-16(24)23(12-14)11-13-7-5-4-6-8-13/h4-8,14H,9-12H2,1-3H3,(H,20,25)/t14-/m0/s1. The van der Waals surface area contributed by atoms with Crippen molar-refractivity contribution in [1.82, 2.24) is 20.4 Å². The van der Waals surface area contributed by atoms with Crippen LogP contribution in [0.25, 0.3) is 0 Å². The van der Waals surface area contributed by atoms with E-state index in [4.69, 9.17) is 9.26 Å². The topological polar surface area (TPSA) is 97.6 Å². The molecule has 1 fully saturated rings. The van der Waals surface area contributed by atoms with Crippen molar-refractivity contribution in [1.29, 1.82) is 0 Å². The molecule has 0 spiro atoms. The van der Waals surface area contributed by atoms with Gasteiger partial charge in [0.15, 0.2) is 5.82 Å². The number of benzene rings is 1. The first kappa shape index (κ1) is 18.9. The second-order valence-corrected chi connectivity index (χ2v) is 7.56. The van der Waals surface area contributed by atoms with Crippen molar-refractivity contribution in [2.75, 3.05) is 6.54 Å². The van der Waals surface area contributed by atoms with Gasteiger partial charge in [-0.05, 0) is 26.3 Å². The monoisotopic (exact) mass is 372 g/mol. The van der Waals surface area contributed by atoms with Crippen molar-refractivity contribution in [2.24, 2.45) is 0 Å². The van der Waals surface area contributed by atoms with E-state index < -0.39 is 11.7 Å². The van der Waals surface area contributed by atoms with E-state index in [-0.39, 0.29) is 24.3 Å². The summed E-state index contributed by atoms with van der Waals surface area (Å²) in [5, 5.41) is 6.54. The Hall–Kier alpha value is -2.90. The molecular formula is C19H24N4O4. The van der Waals surface area contributed by atoms with Gasteiger partial charge in [-0.15, -0.1) is 0 Å². The number of carbonyl (C=O) groups is 2. The predicted molar refractivity (Wildman–Crippen MR) is 96.6 cm³/mol. The number of ether oxygens (including phenoxy) is 1. The lowest BCUT2D eigenvalue weighted by molar-refractivity contribution is -0.128. The van der Waals surface area contributed by atoms with Gasteiger partial charge >= 0.3 is 6.09 Å². The van der Waals surface area contributed by atoms with Crippen molar-refractivity contribution < 1.29 is 18.8 Å². The van der Waals surface area contributed by atoms with Crippen molar-refractivity contribution in [3.8, 4) is 0 Å². The summed E-state index contributed by atoms with van der Waals surface area (Å²) in [4.78, 5) is 30.1. The fourth-order valence-corrected chi connectivity index (χ4v) is 2.87. The third-order valence-corrected chi connectivity index (χ3v) is 4.06. The molecule has 27 heavy (non-hydrogen) atoms. The summed E-state index contributed by atoms with van der Waals surface area (Å²) < 4.78 is 10.3. The highest BCUT2D eigenvalue weighted by atomic mass is 16.6. The summed E-state index contributed by atoms with van der Waals surface area (Å²) in [7, 11) is 0. The summed E-state index contributed by atoms with van der Waals surface area (Å²) >= 11 is 0. The molecule has 1 N–H and O–H groups in total. The minimum Gasteiger partial charge on any atom is -0.444 e. The summed E-state index contributed by atoms with van der Waals surface area (Å²) in [6.07, 6.45) is -0.196. The molecule has 3 rings (SSSR count). The molecule has 2 aromatic rings. The minimum absolute atomic E-state index is 0.0714. The molecule has 1 aliphatic rings. The van der Waals surface area contributed by atoms with Crippen molar-refractivity contribution in [2.45, 2.75) is 51.8 Å². The van der Waals surface area contributed by atoms with Crippen LogP contribution in [0.2, 0.25) is 0 Å². The van der Waals surface area contributed by atoms with Crippen LogP contribution in [-0.2, 0) is 22.6 Å². The van der Waals surface area contributed by atoms with Crippen molar-refractivity contribution in [3.05, 3.63) is 47.6 Å². The van der Waals surface area contributed by atoms with Gasteiger partial charge in [0.1, 0.15) is 12.1 Å². The number of nitrogens with one attached hydrogen (secondary N) is 1. The number of hydrogen-bond acceptors (Lipinski definition) is 6. The van der Waals surface area contributed by atoms with Gasteiger partial charge in [-0.3, -0.25) is 4.79 Å². The lowest BCUT2D eigenvalue weighted by atomic mass is 10.1. The average molecular weight is 372 g/mol. The highest BCUT2D eigenvalue weighted by molar-refractivity contribution is 5.79. The molecule has 0 aliphatic carbocycles. The lowest BCUT2D eigenvalue weighted by Gasteiger charge is -2.19. The molecule has 1 aliphatic heterocycles. The molecule has 0 saturated carbocycles. The Labute approximate surface area is 157 Å². The highest BCUT2D eigenvalue weighted by Gasteiger charge is 2.33. The zero-order chi connectivity index (χ0) is 19.4. The maximum atomic E-state index is 12.3. The molecule has 8 nitrogen and oxygen atoms in total. The van der Waals surface area contributed by atoms with E-state index in [1.807, 2.05) is 30.3 Å². The highest BCUT2D eigenvalue weighted by Crippen LogP contribution is 2.27. The smallest absolute Gasteiger partial charge is 0.408 e. The molecule has 2 heterocycles. The zero-order valence-corrected chi connectivity index (χ0v) is 15.8. The summed E-state index contributed by atoms with van der Waals surface area (Å²) in [5.41, 5.74) is 0.512. The number of carbonyl (C=O) groups excluding carboxylic acids is 2. The molecule has 1 atom stereocenters. The molecule has 2 amide bonds. The van der Waals surface area contributed by atoms with E-state index in [9.17, 15) is 9.59 Å². The average Bonchev–Trinajstić information content (AvgIpc) is 3.20. The Kier molecular flexibility index (Phi) is 5.43. The maximum Gasteiger partial charge on any atom is 0.408 e. The van der Waals surface area contributed by atoms with Crippen LogP contribution in [-0.4, -0.2) is 39.2 Å². The first-order valence-corrected chi connectivity index (χ1v) is 8.91. The number of amides is 2. The third-order valence-electron chi connectivity index (χ3n) is 4.06.